The predicted octanol–water partition coefficient (Wildman–Crippen LogP) is 4.67. The molecule has 0 spiro atoms. The Balaban J connectivity index is 1.78. The second kappa shape index (κ2) is 11.2. The molecular weight excluding hydrogens is 382 g/mol. The number of thioether (sulfide) groups is 1. The van der Waals surface area contributed by atoms with Gasteiger partial charge >= 0.3 is 0 Å². The predicted molar refractivity (Wildman–Crippen MR) is 120 cm³/mol. The average molecular weight is 416 g/mol. The summed E-state index contributed by atoms with van der Waals surface area (Å²) in [4.78, 5) is 21.3. The molecule has 5 nitrogen and oxygen atoms in total. The van der Waals surface area contributed by atoms with E-state index in [9.17, 15) is 4.79 Å². The molecule has 0 radical (unpaired) electrons. The van der Waals surface area contributed by atoms with Crippen molar-refractivity contribution >= 4 is 17.7 Å². The van der Waals surface area contributed by atoms with Crippen molar-refractivity contribution in [2.45, 2.75) is 77.6 Å². The highest BCUT2D eigenvalue weighted by Crippen LogP contribution is 2.18. The van der Waals surface area contributed by atoms with Crippen molar-refractivity contribution in [1.82, 2.24) is 15.3 Å². The molecule has 6 heteroatoms. The van der Waals surface area contributed by atoms with Gasteiger partial charge in [0.25, 0.3) is 0 Å². The Bertz CT molecular complexity index is 783. The van der Waals surface area contributed by atoms with Gasteiger partial charge in [-0.3, -0.25) is 4.79 Å². The Morgan fingerprint density at radius 3 is 2.24 bits per heavy atom. The van der Waals surface area contributed by atoms with Gasteiger partial charge in [0.1, 0.15) is 5.75 Å². The summed E-state index contributed by atoms with van der Waals surface area (Å²) in [5, 5.41) is 3.89. The lowest BCUT2D eigenvalue weighted by atomic mass is 10.0. The van der Waals surface area contributed by atoms with Crippen molar-refractivity contribution in [3.8, 4) is 5.75 Å². The van der Waals surface area contributed by atoms with Crippen molar-refractivity contribution in [3.63, 3.8) is 0 Å². The molecular formula is C23H33N3O2S. The highest BCUT2D eigenvalue weighted by atomic mass is 32.2. The monoisotopic (exact) mass is 415 g/mol. The van der Waals surface area contributed by atoms with Crippen LogP contribution in [-0.2, 0) is 17.6 Å². The van der Waals surface area contributed by atoms with Crippen LogP contribution in [0.3, 0.4) is 0 Å². The number of hydrogen-bond donors (Lipinski definition) is 1. The Morgan fingerprint density at radius 2 is 1.69 bits per heavy atom. The van der Waals surface area contributed by atoms with E-state index in [0.717, 1.165) is 40.7 Å². The highest BCUT2D eigenvalue weighted by molar-refractivity contribution is 7.98. The third kappa shape index (κ3) is 7.69. The first-order valence-corrected chi connectivity index (χ1v) is 11.4. The van der Waals surface area contributed by atoms with E-state index in [2.05, 4.69) is 34.3 Å². The number of amides is 1. The SMILES string of the molecule is CSc1nc(C)c(CCC(=O)NC(C)CCc2ccc(OC(C)C)cc2)c(C)n1. The average Bonchev–Trinajstić information content (AvgIpc) is 2.66. The number of rotatable bonds is 10. The quantitative estimate of drug-likeness (QED) is 0.451. The van der Waals surface area contributed by atoms with E-state index in [1.54, 1.807) is 0 Å². The number of ether oxygens (including phenoxy) is 1. The number of carbonyl (C=O) groups is 1. The van der Waals surface area contributed by atoms with Crippen LogP contribution in [0, 0.1) is 13.8 Å². The standard InChI is InChI=1S/C23H33N3O2S/c1-15(2)28-20-11-9-19(10-12-20)8-7-16(3)24-22(27)14-13-21-17(4)25-23(29-6)26-18(21)5/h9-12,15-16H,7-8,13-14H2,1-6H3,(H,24,27). The molecule has 1 amide bonds. The molecule has 0 saturated heterocycles. The van der Waals surface area contributed by atoms with Crippen molar-refractivity contribution in [2.24, 2.45) is 0 Å². The zero-order valence-corrected chi connectivity index (χ0v) is 19.2. The van der Waals surface area contributed by atoms with Crippen molar-refractivity contribution in [2.75, 3.05) is 6.26 Å². The molecule has 1 atom stereocenters. The number of aromatic nitrogens is 2. The van der Waals surface area contributed by atoms with E-state index in [0.29, 0.717) is 12.8 Å². The molecule has 0 fully saturated rings. The molecule has 158 valence electrons. The molecule has 0 saturated carbocycles. The van der Waals surface area contributed by atoms with Gasteiger partial charge in [-0.15, -0.1) is 0 Å². The lowest BCUT2D eigenvalue weighted by Gasteiger charge is -2.15. The Labute approximate surface area is 179 Å². The molecule has 2 aromatic rings. The summed E-state index contributed by atoms with van der Waals surface area (Å²) in [7, 11) is 0. The third-order valence-corrected chi connectivity index (χ3v) is 5.30. The van der Waals surface area contributed by atoms with Crippen LogP contribution >= 0.6 is 11.8 Å². The first kappa shape index (κ1) is 23.2. The van der Waals surface area contributed by atoms with Crippen LogP contribution in [0.15, 0.2) is 29.4 Å². The van der Waals surface area contributed by atoms with Crippen molar-refractivity contribution in [3.05, 3.63) is 46.8 Å². The molecule has 1 aromatic carbocycles. The van der Waals surface area contributed by atoms with E-state index < -0.39 is 0 Å². The minimum Gasteiger partial charge on any atom is -0.491 e. The maximum atomic E-state index is 12.4. The van der Waals surface area contributed by atoms with E-state index in [1.807, 2.05) is 46.1 Å². The van der Waals surface area contributed by atoms with Gasteiger partial charge in [-0.25, -0.2) is 9.97 Å². The number of nitrogens with zero attached hydrogens (tertiary/aromatic N) is 2. The summed E-state index contributed by atoms with van der Waals surface area (Å²) in [6.45, 7) is 10.1. The molecule has 0 bridgehead atoms. The fraction of sp³-hybridized carbons (Fsp3) is 0.522. The number of benzene rings is 1. The van der Waals surface area contributed by atoms with E-state index in [-0.39, 0.29) is 18.1 Å². The van der Waals surface area contributed by atoms with Gasteiger partial charge in [0.05, 0.1) is 6.10 Å². The molecule has 29 heavy (non-hydrogen) atoms. The first-order chi connectivity index (χ1) is 13.8. The summed E-state index contributed by atoms with van der Waals surface area (Å²) in [6, 6.07) is 8.33. The van der Waals surface area contributed by atoms with Gasteiger partial charge in [-0.1, -0.05) is 23.9 Å². The van der Waals surface area contributed by atoms with Crippen LogP contribution in [-0.4, -0.2) is 34.3 Å². The largest absolute Gasteiger partial charge is 0.491 e. The number of hydrogen-bond acceptors (Lipinski definition) is 5. The topological polar surface area (TPSA) is 64.1 Å². The summed E-state index contributed by atoms with van der Waals surface area (Å²) in [5.74, 6) is 0.969. The summed E-state index contributed by atoms with van der Waals surface area (Å²) >= 11 is 1.54. The maximum absolute atomic E-state index is 12.4. The van der Waals surface area contributed by atoms with Crippen LogP contribution in [0.2, 0.25) is 0 Å². The van der Waals surface area contributed by atoms with Gasteiger partial charge in [0, 0.05) is 23.9 Å². The lowest BCUT2D eigenvalue weighted by molar-refractivity contribution is -0.121. The van der Waals surface area contributed by atoms with Gasteiger partial charge in [0.15, 0.2) is 5.16 Å². The van der Waals surface area contributed by atoms with Gasteiger partial charge in [0.2, 0.25) is 5.91 Å². The van der Waals surface area contributed by atoms with Crippen LogP contribution in [0.1, 0.15) is 56.1 Å². The molecule has 1 aromatic heterocycles. The number of carbonyl (C=O) groups excluding carboxylic acids is 1. The highest BCUT2D eigenvalue weighted by Gasteiger charge is 2.12. The smallest absolute Gasteiger partial charge is 0.220 e. The molecule has 1 unspecified atom stereocenters. The van der Waals surface area contributed by atoms with Gasteiger partial charge in [-0.05, 0) is 83.4 Å². The van der Waals surface area contributed by atoms with Crippen LogP contribution in [0.5, 0.6) is 5.75 Å². The van der Waals surface area contributed by atoms with Gasteiger partial charge in [-0.2, -0.15) is 0 Å². The maximum Gasteiger partial charge on any atom is 0.220 e. The normalized spacial score (nSPS) is 12.1. The first-order valence-electron chi connectivity index (χ1n) is 10.2. The number of nitrogens with one attached hydrogen (secondary N) is 1. The van der Waals surface area contributed by atoms with Gasteiger partial charge < -0.3 is 10.1 Å². The lowest BCUT2D eigenvalue weighted by Crippen LogP contribution is -2.33. The minimum absolute atomic E-state index is 0.0749. The molecule has 0 aliphatic heterocycles. The Morgan fingerprint density at radius 1 is 1.07 bits per heavy atom. The van der Waals surface area contributed by atoms with Crippen LogP contribution < -0.4 is 10.1 Å². The summed E-state index contributed by atoms with van der Waals surface area (Å²) in [5.41, 5.74) is 4.26. The Hall–Kier alpha value is -2.08. The summed E-state index contributed by atoms with van der Waals surface area (Å²) < 4.78 is 5.67. The molecule has 2 rings (SSSR count). The number of aryl methyl sites for hydroxylation is 3. The van der Waals surface area contributed by atoms with Crippen LogP contribution in [0.4, 0.5) is 0 Å². The summed E-state index contributed by atoms with van der Waals surface area (Å²) in [6.07, 6.45) is 5.10. The molecule has 0 aliphatic carbocycles. The fourth-order valence-electron chi connectivity index (χ4n) is 3.21. The van der Waals surface area contributed by atoms with Crippen molar-refractivity contribution < 1.29 is 9.53 Å². The van der Waals surface area contributed by atoms with E-state index >= 15 is 0 Å². The van der Waals surface area contributed by atoms with E-state index in [1.165, 1.54) is 17.3 Å². The van der Waals surface area contributed by atoms with E-state index in [4.69, 9.17) is 4.74 Å². The molecule has 1 heterocycles. The second-order valence-corrected chi connectivity index (χ2v) is 8.45. The zero-order chi connectivity index (χ0) is 21.4. The second-order valence-electron chi connectivity index (χ2n) is 7.68. The Kier molecular flexibility index (Phi) is 8.96. The minimum atomic E-state index is 0.0749. The van der Waals surface area contributed by atoms with Crippen molar-refractivity contribution in [1.29, 1.82) is 0 Å². The third-order valence-electron chi connectivity index (χ3n) is 4.75. The molecule has 1 N–H and O–H groups in total. The zero-order valence-electron chi connectivity index (χ0n) is 18.4. The van der Waals surface area contributed by atoms with Crippen LogP contribution in [0.25, 0.3) is 0 Å². The molecule has 0 aliphatic rings. The fourth-order valence-corrected chi connectivity index (χ4v) is 3.67.